The van der Waals surface area contributed by atoms with E-state index in [1.165, 1.54) is 19.2 Å². The van der Waals surface area contributed by atoms with Crippen LogP contribution in [0.4, 0.5) is 0 Å². The van der Waals surface area contributed by atoms with Gasteiger partial charge < -0.3 is 14.9 Å². The maximum absolute atomic E-state index is 10.8. The Morgan fingerprint density at radius 2 is 2.25 bits per heavy atom. The summed E-state index contributed by atoms with van der Waals surface area (Å²) in [6.45, 7) is 0. The maximum Gasteiger partial charge on any atom is 0.339 e. The van der Waals surface area contributed by atoms with Crippen LogP contribution in [0.25, 0.3) is 0 Å². The van der Waals surface area contributed by atoms with Crippen LogP contribution in [-0.4, -0.2) is 18.2 Å². The third kappa shape index (κ3) is 1.47. The predicted molar refractivity (Wildman–Crippen MR) is 39.4 cm³/mol. The molecule has 0 radical (unpaired) electrons. The van der Waals surface area contributed by atoms with Crippen molar-refractivity contribution in [3.05, 3.63) is 23.8 Å². The zero-order valence-electron chi connectivity index (χ0n) is 6.40. The smallest absolute Gasteiger partial charge is 0.339 e. The summed E-state index contributed by atoms with van der Waals surface area (Å²) in [6.07, 6.45) is 0. The van der Waals surface area contributed by atoms with Gasteiger partial charge in [0, 0.05) is 0 Å². The highest BCUT2D eigenvalue weighted by Crippen LogP contribution is 2.21. The number of carboxylic acids is 1. The van der Waals surface area contributed by atoms with E-state index < -0.39 is 5.97 Å². The molecule has 1 rings (SSSR count). The second kappa shape index (κ2) is 3.13. The molecule has 1 aromatic rings. The molecule has 0 fully saturated rings. The summed E-state index contributed by atoms with van der Waals surface area (Å²) in [5.41, 5.74) is -0.00269. The van der Waals surface area contributed by atoms with Gasteiger partial charge in [-0.15, -0.1) is 5.75 Å². The molecule has 0 spiro atoms. The van der Waals surface area contributed by atoms with Crippen LogP contribution in [0.3, 0.4) is 0 Å². The Morgan fingerprint density at radius 3 is 2.75 bits per heavy atom. The van der Waals surface area contributed by atoms with Crippen molar-refractivity contribution < 1.29 is 19.7 Å². The Hall–Kier alpha value is -1.71. The SMILES string of the molecule is COc1cc([O-])ccc1C(=O)O. The van der Waals surface area contributed by atoms with E-state index in [4.69, 9.17) is 9.84 Å². The first-order chi connectivity index (χ1) is 5.65. The molecule has 0 atom stereocenters. The van der Waals surface area contributed by atoms with Gasteiger partial charge >= 0.3 is 5.97 Å². The van der Waals surface area contributed by atoms with E-state index in [2.05, 4.69) is 0 Å². The number of methoxy groups -OCH3 is 1. The average Bonchev–Trinajstić information content (AvgIpc) is 2.03. The second-order valence-electron chi connectivity index (χ2n) is 2.17. The molecular weight excluding hydrogens is 160 g/mol. The predicted octanol–water partition coefficient (Wildman–Crippen LogP) is 0.467. The van der Waals surface area contributed by atoms with Crippen molar-refractivity contribution in [3.8, 4) is 11.5 Å². The van der Waals surface area contributed by atoms with Crippen molar-refractivity contribution in [1.82, 2.24) is 0 Å². The molecule has 0 saturated carbocycles. The zero-order valence-corrected chi connectivity index (χ0v) is 6.40. The summed E-state index contributed by atoms with van der Waals surface area (Å²) < 4.78 is 4.71. The molecule has 1 aromatic carbocycles. The first-order valence-electron chi connectivity index (χ1n) is 3.23. The first-order valence-corrected chi connectivity index (χ1v) is 3.23. The molecular formula is C8H7O4-. The van der Waals surface area contributed by atoms with Crippen LogP contribution < -0.4 is 9.84 Å². The van der Waals surface area contributed by atoms with Crippen LogP contribution in [0.2, 0.25) is 0 Å². The van der Waals surface area contributed by atoms with Crippen LogP contribution in [0, 0.1) is 0 Å². The van der Waals surface area contributed by atoms with Crippen molar-refractivity contribution in [2.24, 2.45) is 0 Å². The molecule has 0 aliphatic carbocycles. The molecule has 64 valence electrons. The number of ether oxygens (including phenoxy) is 1. The fraction of sp³-hybridized carbons (Fsp3) is 0.125. The number of aromatic carboxylic acids is 1. The van der Waals surface area contributed by atoms with E-state index in [1.807, 2.05) is 0 Å². The molecule has 0 bridgehead atoms. The van der Waals surface area contributed by atoms with Crippen molar-refractivity contribution in [2.45, 2.75) is 0 Å². The van der Waals surface area contributed by atoms with Gasteiger partial charge in [0.1, 0.15) is 11.3 Å². The first kappa shape index (κ1) is 8.39. The van der Waals surface area contributed by atoms with Crippen LogP contribution in [0.5, 0.6) is 11.5 Å². The molecule has 0 aliphatic heterocycles. The minimum atomic E-state index is -1.10. The summed E-state index contributed by atoms with van der Waals surface area (Å²) in [7, 11) is 1.32. The van der Waals surface area contributed by atoms with E-state index >= 15 is 0 Å². The van der Waals surface area contributed by atoms with Gasteiger partial charge in [-0.3, -0.25) is 0 Å². The fourth-order valence-corrected chi connectivity index (χ4v) is 0.848. The van der Waals surface area contributed by atoms with Gasteiger partial charge in [0.05, 0.1) is 7.11 Å². The zero-order chi connectivity index (χ0) is 9.14. The van der Waals surface area contributed by atoms with E-state index in [1.54, 1.807) is 0 Å². The molecule has 0 heterocycles. The van der Waals surface area contributed by atoms with E-state index in [0.29, 0.717) is 0 Å². The number of benzene rings is 1. The van der Waals surface area contributed by atoms with E-state index in [9.17, 15) is 9.90 Å². The fourth-order valence-electron chi connectivity index (χ4n) is 0.848. The van der Waals surface area contributed by atoms with Gasteiger partial charge in [-0.1, -0.05) is 6.07 Å². The maximum atomic E-state index is 10.8. The van der Waals surface area contributed by atoms with Gasteiger partial charge in [-0.2, -0.15) is 0 Å². The van der Waals surface area contributed by atoms with Gasteiger partial charge in [0.15, 0.2) is 0 Å². The molecule has 0 amide bonds. The summed E-state index contributed by atoms with van der Waals surface area (Å²) in [4.78, 5) is 10.5. The summed E-state index contributed by atoms with van der Waals surface area (Å²) in [5.74, 6) is -1.28. The molecule has 1 N–H and O–H groups in total. The lowest BCUT2D eigenvalue weighted by Gasteiger charge is -2.09. The van der Waals surface area contributed by atoms with Crippen LogP contribution >= 0.6 is 0 Å². The molecule has 0 saturated heterocycles. The molecule has 12 heavy (non-hydrogen) atoms. The van der Waals surface area contributed by atoms with Crippen molar-refractivity contribution in [1.29, 1.82) is 0 Å². The number of carbonyl (C=O) groups is 1. The number of hydrogen-bond acceptors (Lipinski definition) is 3. The highest BCUT2D eigenvalue weighted by Gasteiger charge is 2.08. The second-order valence-corrected chi connectivity index (χ2v) is 2.17. The highest BCUT2D eigenvalue weighted by molar-refractivity contribution is 5.91. The lowest BCUT2D eigenvalue weighted by Crippen LogP contribution is -2.01. The van der Waals surface area contributed by atoms with Crippen molar-refractivity contribution in [3.63, 3.8) is 0 Å². The molecule has 4 heteroatoms. The third-order valence-electron chi connectivity index (χ3n) is 1.40. The molecule has 0 unspecified atom stereocenters. The van der Waals surface area contributed by atoms with Gasteiger partial charge in [-0.05, 0) is 12.1 Å². The Morgan fingerprint density at radius 1 is 1.58 bits per heavy atom. The Balaban J connectivity index is 3.20. The minimum absolute atomic E-state index is 0.00269. The number of carboxylic acid groups (broad SMARTS) is 1. The topological polar surface area (TPSA) is 69.6 Å². The van der Waals surface area contributed by atoms with Crippen molar-refractivity contribution in [2.75, 3.05) is 7.11 Å². The van der Waals surface area contributed by atoms with Gasteiger partial charge in [0.25, 0.3) is 0 Å². The Bertz CT molecular complexity index is 306. The minimum Gasteiger partial charge on any atom is -0.872 e. The largest absolute Gasteiger partial charge is 0.872 e. The lowest BCUT2D eigenvalue weighted by molar-refractivity contribution is -0.268. The standard InChI is InChI=1S/C8H8O4/c1-12-7-4-5(9)2-3-6(7)8(10)11/h2-4,9H,1H3,(H,10,11)/p-1. The molecule has 4 nitrogen and oxygen atoms in total. The summed E-state index contributed by atoms with van der Waals surface area (Å²) >= 11 is 0. The average molecular weight is 167 g/mol. The van der Waals surface area contributed by atoms with E-state index in [0.717, 1.165) is 6.07 Å². The van der Waals surface area contributed by atoms with Crippen LogP contribution in [0.15, 0.2) is 18.2 Å². The highest BCUT2D eigenvalue weighted by atomic mass is 16.5. The quantitative estimate of drug-likeness (QED) is 0.694. The lowest BCUT2D eigenvalue weighted by atomic mass is 10.2. The van der Waals surface area contributed by atoms with Crippen molar-refractivity contribution >= 4 is 5.97 Å². The van der Waals surface area contributed by atoms with Crippen LogP contribution in [0.1, 0.15) is 10.4 Å². The number of rotatable bonds is 2. The summed E-state index contributed by atoms with van der Waals surface area (Å²) in [6, 6.07) is 3.55. The van der Waals surface area contributed by atoms with Crippen LogP contribution in [-0.2, 0) is 0 Å². The Labute approximate surface area is 69.0 Å². The molecule has 0 aliphatic rings. The monoisotopic (exact) mass is 167 g/mol. The normalized spacial score (nSPS) is 9.42. The number of hydrogen-bond donors (Lipinski definition) is 1. The van der Waals surface area contributed by atoms with Gasteiger partial charge in [-0.25, -0.2) is 4.79 Å². The Kier molecular flexibility index (Phi) is 2.19. The summed E-state index contributed by atoms with van der Waals surface area (Å²) in [5, 5.41) is 19.4. The van der Waals surface area contributed by atoms with E-state index in [-0.39, 0.29) is 17.1 Å². The molecule has 0 aromatic heterocycles. The third-order valence-corrected chi connectivity index (χ3v) is 1.40. The van der Waals surface area contributed by atoms with Gasteiger partial charge in [0.2, 0.25) is 0 Å².